The molecule has 4 aliphatic rings. The number of halogens is 2. The summed E-state index contributed by atoms with van der Waals surface area (Å²) in [6.07, 6.45) is 2.52. The van der Waals surface area contributed by atoms with Crippen LogP contribution in [0.2, 0.25) is 25.2 Å². The normalized spacial score (nSPS) is 23.5. The SMILES string of the molecule is COC[C@H]1C[C@@H](C(=O)Nc2ccc([C@H]3CC[C@H](c4ccc5[nH]c([C@@H]6CCCN6C(=O)OC(C)(C)C)nc5c4)N3c3cc(F)c(N4CC[Si](C)(C)CC4)c(F)c3)cc2)N(C(=O)OC(C)(C)C)C1. The fraction of sp³-hybridized carbons (Fsp3) is 0.560. The number of anilines is 3. The summed E-state index contributed by atoms with van der Waals surface area (Å²) in [6.45, 7) is 18.2. The van der Waals surface area contributed by atoms with Gasteiger partial charge in [0.1, 0.15) is 28.8 Å². The van der Waals surface area contributed by atoms with E-state index >= 15 is 8.78 Å². The number of benzene rings is 3. The molecule has 13 nitrogen and oxygen atoms in total. The van der Waals surface area contributed by atoms with E-state index in [9.17, 15) is 14.4 Å². The van der Waals surface area contributed by atoms with Crippen molar-refractivity contribution in [2.75, 3.05) is 55.0 Å². The van der Waals surface area contributed by atoms with Crippen LogP contribution in [-0.4, -0.2) is 103 Å². The van der Waals surface area contributed by atoms with E-state index < -0.39 is 43.0 Å². The van der Waals surface area contributed by atoms with Crippen LogP contribution in [0.25, 0.3) is 11.0 Å². The van der Waals surface area contributed by atoms with E-state index in [0.717, 1.165) is 47.1 Å². The average Bonchev–Trinajstić information content (AvgIpc) is 4.05. The molecule has 0 bridgehead atoms. The molecule has 1 aromatic heterocycles. The second-order valence-electron chi connectivity index (χ2n) is 21.5. The Balaban J connectivity index is 1.08. The molecule has 0 spiro atoms. The van der Waals surface area contributed by atoms with Crippen molar-refractivity contribution in [1.82, 2.24) is 19.8 Å². The Morgan fingerprint density at radius 3 is 2.03 bits per heavy atom. The molecule has 3 amide bonds. The summed E-state index contributed by atoms with van der Waals surface area (Å²) in [5.74, 6) is -0.790. The number of hydrogen-bond acceptors (Lipinski definition) is 9. The maximum Gasteiger partial charge on any atom is 0.410 e. The summed E-state index contributed by atoms with van der Waals surface area (Å²) in [5.41, 5.74) is 3.15. The zero-order chi connectivity index (χ0) is 47.3. The van der Waals surface area contributed by atoms with Gasteiger partial charge in [0.05, 0.1) is 43.8 Å². The number of rotatable bonds is 9. The zero-order valence-electron chi connectivity index (χ0n) is 40.0. The van der Waals surface area contributed by atoms with Gasteiger partial charge >= 0.3 is 12.2 Å². The first-order chi connectivity index (χ1) is 31.2. The summed E-state index contributed by atoms with van der Waals surface area (Å²) < 4.78 is 49.6. The Kier molecular flexibility index (Phi) is 13.2. The molecule has 4 aliphatic heterocycles. The number of hydrogen-bond donors (Lipinski definition) is 2. The van der Waals surface area contributed by atoms with Gasteiger partial charge in [-0.2, -0.15) is 0 Å². The number of aromatic amines is 1. The van der Waals surface area contributed by atoms with E-state index in [-0.39, 0.29) is 41.7 Å². The molecule has 8 rings (SSSR count). The summed E-state index contributed by atoms with van der Waals surface area (Å²) in [7, 11) is 0.220. The first-order valence-electron chi connectivity index (χ1n) is 23.6. The number of imidazole rings is 1. The standard InChI is InChI=1S/C50H67F2N7O6Si/c1-49(2,3)64-47(61)57-20-10-11-42(57)45-54-38-17-14-33(26-39(38)55-45)41-19-18-40(59(41)35-27-36(51)44(37(52)28-35)56-21-23-66(8,9)24-22-56)32-12-15-34(16-13-32)53-46(60)43-25-31(30-63-7)29-58(43)48(62)65-50(4,5)6/h12-17,26-28,31,40-43H,10-11,18-25,29-30H2,1-9H3,(H,53,60)(H,54,55)/t31-,40+,41+,42-,43-/m0/s1. The molecular weight excluding hydrogens is 861 g/mol. The monoisotopic (exact) mass is 927 g/mol. The van der Waals surface area contributed by atoms with E-state index in [0.29, 0.717) is 69.2 Å². The van der Waals surface area contributed by atoms with Crippen molar-refractivity contribution in [1.29, 1.82) is 0 Å². The molecule has 4 aromatic rings. The lowest BCUT2D eigenvalue weighted by molar-refractivity contribution is -0.120. The quantitative estimate of drug-likeness (QED) is 0.157. The van der Waals surface area contributed by atoms with E-state index in [1.165, 1.54) is 17.0 Å². The highest BCUT2D eigenvalue weighted by Crippen LogP contribution is 2.49. The van der Waals surface area contributed by atoms with E-state index in [2.05, 4.69) is 28.3 Å². The second kappa shape index (κ2) is 18.5. The van der Waals surface area contributed by atoms with E-state index in [1.807, 2.05) is 68.1 Å². The highest BCUT2D eigenvalue weighted by Gasteiger charge is 2.42. The predicted molar refractivity (Wildman–Crippen MR) is 256 cm³/mol. The second-order valence-corrected chi connectivity index (χ2v) is 26.8. The lowest BCUT2D eigenvalue weighted by Gasteiger charge is -2.38. The van der Waals surface area contributed by atoms with Crippen LogP contribution in [0.15, 0.2) is 54.6 Å². The van der Waals surface area contributed by atoms with Crippen LogP contribution in [0.3, 0.4) is 0 Å². The summed E-state index contributed by atoms with van der Waals surface area (Å²) >= 11 is 0. The van der Waals surface area contributed by atoms with Crippen LogP contribution in [0.5, 0.6) is 0 Å². The number of fused-ring (bicyclic) bond motifs is 1. The molecule has 0 radical (unpaired) electrons. The third-order valence-corrected chi connectivity index (χ3v) is 16.7. The lowest BCUT2D eigenvalue weighted by Crippen LogP contribution is -2.45. The Morgan fingerprint density at radius 2 is 1.41 bits per heavy atom. The number of amides is 3. The molecule has 2 N–H and O–H groups in total. The number of nitrogens with one attached hydrogen (secondary N) is 2. The number of ether oxygens (including phenoxy) is 3. The van der Waals surface area contributed by atoms with Crippen LogP contribution >= 0.6 is 0 Å². The summed E-state index contributed by atoms with van der Waals surface area (Å²) in [5, 5.41) is 3.02. The van der Waals surface area contributed by atoms with Gasteiger partial charge in [0.15, 0.2) is 11.6 Å². The average molecular weight is 928 g/mol. The van der Waals surface area contributed by atoms with Crippen molar-refractivity contribution in [3.63, 3.8) is 0 Å². The molecule has 0 saturated carbocycles. The first-order valence-corrected chi connectivity index (χ1v) is 27.0. The van der Waals surface area contributed by atoms with Gasteiger partial charge in [-0.25, -0.2) is 23.4 Å². The smallest absolute Gasteiger partial charge is 0.410 e. The van der Waals surface area contributed by atoms with Gasteiger partial charge in [-0.3, -0.25) is 14.6 Å². The molecule has 3 aromatic carbocycles. The Hall–Kier alpha value is -5.22. The molecule has 0 aliphatic carbocycles. The van der Waals surface area contributed by atoms with Crippen molar-refractivity contribution < 1.29 is 37.4 Å². The topological polar surface area (TPSA) is 133 Å². The molecule has 4 saturated heterocycles. The summed E-state index contributed by atoms with van der Waals surface area (Å²) in [6, 6.07) is 17.1. The number of likely N-dealkylation sites (tertiary alicyclic amines) is 2. The minimum absolute atomic E-state index is 0.0167. The number of carbonyl (C=O) groups excluding carboxylic acids is 3. The number of carbonyl (C=O) groups is 3. The van der Waals surface area contributed by atoms with E-state index in [4.69, 9.17) is 19.2 Å². The van der Waals surface area contributed by atoms with Crippen molar-refractivity contribution in [2.45, 2.75) is 134 Å². The van der Waals surface area contributed by atoms with Crippen LogP contribution in [0.4, 0.5) is 35.4 Å². The number of aromatic nitrogens is 2. The molecule has 16 heteroatoms. The van der Waals surface area contributed by atoms with Crippen LogP contribution in [0, 0.1) is 17.6 Å². The van der Waals surface area contributed by atoms with Crippen LogP contribution < -0.4 is 15.1 Å². The minimum Gasteiger partial charge on any atom is -0.444 e. The molecule has 5 atom stereocenters. The van der Waals surface area contributed by atoms with Gasteiger partial charge in [0.25, 0.3) is 0 Å². The number of H-pyrrole nitrogens is 1. The molecule has 5 heterocycles. The van der Waals surface area contributed by atoms with Gasteiger partial charge in [-0.15, -0.1) is 0 Å². The zero-order valence-corrected chi connectivity index (χ0v) is 41.0. The van der Waals surface area contributed by atoms with Gasteiger partial charge < -0.3 is 34.3 Å². The van der Waals surface area contributed by atoms with E-state index in [1.54, 1.807) is 32.8 Å². The van der Waals surface area contributed by atoms with Gasteiger partial charge in [-0.05, 0) is 133 Å². The van der Waals surface area contributed by atoms with Crippen LogP contribution in [0.1, 0.15) is 109 Å². The fourth-order valence-corrected chi connectivity index (χ4v) is 12.2. The minimum atomic E-state index is -1.38. The predicted octanol–water partition coefficient (Wildman–Crippen LogP) is 10.7. The van der Waals surface area contributed by atoms with Crippen molar-refractivity contribution in [2.24, 2.45) is 5.92 Å². The molecule has 4 fully saturated rings. The van der Waals surface area contributed by atoms with Crippen molar-refractivity contribution in [3.8, 4) is 0 Å². The third kappa shape index (κ3) is 10.3. The summed E-state index contributed by atoms with van der Waals surface area (Å²) in [4.78, 5) is 55.9. The molecular formula is C50H67F2N7O6Si. The first kappa shape index (κ1) is 47.3. The van der Waals surface area contributed by atoms with Crippen molar-refractivity contribution >= 4 is 54.3 Å². The lowest BCUT2D eigenvalue weighted by atomic mass is 10.0. The Bertz CT molecular complexity index is 2400. The third-order valence-electron chi connectivity index (χ3n) is 13.5. The highest BCUT2D eigenvalue weighted by molar-refractivity contribution is 6.77. The molecule has 356 valence electrons. The maximum absolute atomic E-state index is 16.4. The van der Waals surface area contributed by atoms with Gasteiger partial charge in [0.2, 0.25) is 5.91 Å². The van der Waals surface area contributed by atoms with Crippen molar-refractivity contribution in [3.05, 3.63) is 83.2 Å². The number of nitrogens with zero attached hydrogens (tertiary/aromatic N) is 5. The number of methoxy groups -OCH3 is 1. The van der Waals surface area contributed by atoms with Gasteiger partial charge in [0, 0.05) is 50.6 Å². The molecule has 66 heavy (non-hydrogen) atoms. The van der Waals surface area contributed by atoms with Crippen LogP contribution in [-0.2, 0) is 19.0 Å². The fourth-order valence-electron chi connectivity index (χ4n) is 10.2. The van der Waals surface area contributed by atoms with Gasteiger partial charge in [-0.1, -0.05) is 31.3 Å². The Labute approximate surface area is 388 Å². The Morgan fingerprint density at radius 1 is 0.803 bits per heavy atom. The highest BCUT2D eigenvalue weighted by atomic mass is 28.3. The maximum atomic E-state index is 16.4. The molecule has 0 unspecified atom stereocenters. The largest absolute Gasteiger partial charge is 0.444 e.